The van der Waals surface area contributed by atoms with Gasteiger partial charge >= 0.3 is 0 Å². The van der Waals surface area contributed by atoms with Gasteiger partial charge < -0.3 is 9.47 Å². The van der Waals surface area contributed by atoms with Crippen LogP contribution < -0.4 is 20.1 Å². The van der Waals surface area contributed by atoms with E-state index in [1.807, 2.05) is 24.3 Å². The number of hydrogen-bond acceptors (Lipinski definition) is 2. The van der Waals surface area contributed by atoms with Gasteiger partial charge in [-0.1, -0.05) is 24.3 Å². The summed E-state index contributed by atoms with van der Waals surface area (Å²) in [5.74, 6) is 1.97. The zero-order valence-corrected chi connectivity index (χ0v) is 16.9. The first-order chi connectivity index (χ1) is 9.22. The van der Waals surface area contributed by atoms with Crippen LogP contribution in [-0.2, 0) is 5.41 Å². The van der Waals surface area contributed by atoms with E-state index >= 15 is 0 Å². The van der Waals surface area contributed by atoms with Crippen LogP contribution in [0.25, 0.3) is 0 Å². The Morgan fingerprint density at radius 1 is 0.696 bits per heavy atom. The summed E-state index contributed by atoms with van der Waals surface area (Å²) in [7, 11) is 5.65. The zero-order chi connectivity index (χ0) is 13.0. The second-order valence-electron chi connectivity index (χ2n) is 5.10. The standard InChI is InChI=1S/C15H14O2P2.4Ar/c18-11-5-1-3-9-13(11)15(7-16-9)8-17-10-4-2-6-12(19)14(10)15;;;;/h1-6H,7-8,18-19H2;;;;. The van der Waals surface area contributed by atoms with Gasteiger partial charge in [0.05, 0.1) is 5.41 Å². The molecule has 8 heteroatoms. The number of ether oxygens (including phenoxy) is 2. The van der Waals surface area contributed by atoms with Gasteiger partial charge in [-0.15, -0.1) is 18.5 Å². The Labute approximate surface area is 261 Å². The Hall–Kier alpha value is 3.94. The van der Waals surface area contributed by atoms with E-state index in [9.17, 15) is 0 Å². The van der Waals surface area contributed by atoms with E-state index in [-0.39, 0.29) is 156 Å². The maximum atomic E-state index is 5.93. The summed E-state index contributed by atoms with van der Waals surface area (Å²) in [6.07, 6.45) is 0. The van der Waals surface area contributed by atoms with Gasteiger partial charge in [-0.3, -0.25) is 0 Å². The largest absolute Gasteiger partial charge is 0.492 e. The van der Waals surface area contributed by atoms with Crippen molar-refractivity contribution in [1.82, 2.24) is 0 Å². The topological polar surface area (TPSA) is 18.5 Å². The van der Waals surface area contributed by atoms with Gasteiger partial charge in [0, 0.05) is 162 Å². The molecule has 0 N–H and O–H groups in total. The fourth-order valence-corrected chi connectivity index (χ4v) is 4.28. The van der Waals surface area contributed by atoms with Crippen molar-refractivity contribution in [2.24, 2.45) is 0 Å². The molecule has 2 aliphatic rings. The van der Waals surface area contributed by atoms with E-state index in [2.05, 4.69) is 30.6 Å². The van der Waals surface area contributed by atoms with E-state index in [4.69, 9.17) is 9.47 Å². The number of hydrogen-bond donors (Lipinski definition) is 0. The summed E-state index contributed by atoms with van der Waals surface area (Å²) in [6, 6.07) is 12.4. The summed E-state index contributed by atoms with van der Waals surface area (Å²) >= 11 is 0. The molecule has 1 spiro atoms. The number of fused-ring (bicyclic) bond motifs is 4. The minimum atomic E-state index is -0.151. The maximum absolute atomic E-state index is 5.93. The second kappa shape index (κ2) is 11.2. The van der Waals surface area contributed by atoms with Crippen molar-refractivity contribution in [3.05, 3.63) is 47.5 Å². The van der Waals surface area contributed by atoms with Gasteiger partial charge in [0.15, 0.2) is 0 Å². The molecule has 23 heavy (non-hydrogen) atoms. The summed E-state index contributed by atoms with van der Waals surface area (Å²) in [5, 5.41) is 2.39. The molecule has 0 amide bonds. The Balaban J connectivity index is 0.00000121. The van der Waals surface area contributed by atoms with Gasteiger partial charge in [0.1, 0.15) is 24.7 Å². The summed E-state index contributed by atoms with van der Waals surface area (Å²) in [6.45, 7) is 1.32. The molecule has 128 valence electrons. The summed E-state index contributed by atoms with van der Waals surface area (Å²) in [4.78, 5) is 0. The van der Waals surface area contributed by atoms with Crippen LogP contribution in [0.3, 0.4) is 0 Å². The Kier molecular flexibility index (Phi) is 13.1. The molecule has 0 saturated carbocycles. The van der Waals surface area contributed by atoms with Gasteiger partial charge in [-0.25, -0.2) is 0 Å². The first-order valence-corrected chi connectivity index (χ1v) is 7.41. The van der Waals surface area contributed by atoms with Gasteiger partial charge in [-0.05, 0) is 22.7 Å². The van der Waals surface area contributed by atoms with Crippen LogP contribution in [-0.4, -0.2) is 13.2 Å². The minimum absolute atomic E-state index is 0. The Morgan fingerprint density at radius 3 is 1.48 bits per heavy atom. The quantitative estimate of drug-likeness (QED) is 0.573. The predicted octanol–water partition coefficient (Wildman–Crippen LogP) is 1.76. The Bertz CT molecular complexity index is 638. The molecular formula is C15H14Ar4O2P2. The third kappa shape index (κ3) is 4.75. The third-order valence-electron chi connectivity index (χ3n) is 4.02. The first-order valence-electron chi connectivity index (χ1n) is 6.26. The van der Waals surface area contributed by atoms with Crippen molar-refractivity contribution in [2.75, 3.05) is 13.2 Å². The molecule has 2 aromatic carbocycles. The van der Waals surface area contributed by atoms with Crippen LogP contribution in [0.2, 0.25) is 0 Å². The van der Waals surface area contributed by atoms with E-state index < -0.39 is 0 Å². The van der Waals surface area contributed by atoms with Crippen LogP contribution in [0.1, 0.15) is 11.1 Å². The molecule has 2 nitrogen and oxygen atoms in total. The number of benzene rings is 2. The fraction of sp³-hybridized carbons (Fsp3) is 0.200. The molecule has 2 heterocycles. The van der Waals surface area contributed by atoms with Crippen molar-refractivity contribution in [3.8, 4) is 11.5 Å². The van der Waals surface area contributed by atoms with E-state index in [0.717, 1.165) is 11.5 Å². The molecule has 2 unspecified atom stereocenters. The molecule has 2 aromatic rings. The van der Waals surface area contributed by atoms with Crippen LogP contribution in [0.5, 0.6) is 11.5 Å². The van der Waals surface area contributed by atoms with Crippen LogP contribution >= 0.6 is 18.5 Å². The molecule has 0 fully saturated rings. The minimum Gasteiger partial charge on any atom is -0.492 e. The van der Waals surface area contributed by atoms with E-state index in [0.29, 0.717) is 13.2 Å². The van der Waals surface area contributed by atoms with E-state index in [1.54, 1.807) is 0 Å². The summed E-state index contributed by atoms with van der Waals surface area (Å²) in [5.41, 5.74) is 2.36. The molecule has 0 radical (unpaired) electrons. The van der Waals surface area contributed by atoms with Crippen LogP contribution in [0.4, 0.5) is 0 Å². The average Bonchev–Trinajstić information content (AvgIpc) is 2.96. The molecule has 0 aromatic heterocycles. The third-order valence-corrected chi connectivity index (χ3v) is 4.98. The molecule has 2 aliphatic heterocycles. The maximum Gasteiger partial charge on any atom is 0.124 e. The Morgan fingerprint density at radius 2 is 1.09 bits per heavy atom. The van der Waals surface area contributed by atoms with E-state index in [1.165, 1.54) is 21.7 Å². The van der Waals surface area contributed by atoms with Gasteiger partial charge in [0.2, 0.25) is 0 Å². The fourth-order valence-electron chi connectivity index (χ4n) is 3.22. The monoisotopic (exact) mass is 448 g/mol. The molecule has 0 aliphatic carbocycles. The molecule has 4 rings (SSSR count). The van der Waals surface area contributed by atoms with Crippen LogP contribution in [0, 0.1) is 151 Å². The molecule has 2 atom stereocenters. The molecular weight excluding hydrogens is 434 g/mol. The first kappa shape index (κ1) is 26.9. The SMILES string of the molecule is Pc1cccc2c1C1(CO2)COc2cccc(P)c21.[Ar].[Ar].[Ar].[Ar]. The second-order valence-corrected chi connectivity index (χ2v) is 6.34. The van der Waals surface area contributed by atoms with Crippen molar-refractivity contribution < 1.29 is 160 Å². The predicted molar refractivity (Wildman–Crippen MR) is 83.3 cm³/mol. The van der Waals surface area contributed by atoms with Crippen molar-refractivity contribution in [1.29, 1.82) is 0 Å². The van der Waals surface area contributed by atoms with Gasteiger partial charge in [0.25, 0.3) is 0 Å². The normalized spacial score (nSPS) is 14.7. The zero-order valence-electron chi connectivity index (χ0n) is 11.8. The molecule has 0 bridgehead atoms. The number of rotatable bonds is 0. The van der Waals surface area contributed by atoms with Crippen LogP contribution in [0.15, 0.2) is 36.4 Å². The molecule has 0 saturated heterocycles. The van der Waals surface area contributed by atoms with Crippen molar-refractivity contribution >= 4 is 29.1 Å². The van der Waals surface area contributed by atoms with Crippen molar-refractivity contribution in [2.45, 2.75) is 5.41 Å². The van der Waals surface area contributed by atoms with Crippen molar-refractivity contribution in [3.63, 3.8) is 0 Å². The van der Waals surface area contributed by atoms with Gasteiger partial charge in [-0.2, -0.15) is 0 Å². The smallest absolute Gasteiger partial charge is 0.124 e. The average molecular weight is 448 g/mol. The summed E-state index contributed by atoms with van der Waals surface area (Å²) < 4.78 is 11.9.